The van der Waals surface area contributed by atoms with Gasteiger partial charge >= 0.3 is 0 Å². The molecule has 8 nitrogen and oxygen atoms in total. The van der Waals surface area contributed by atoms with Crippen LogP contribution in [0.25, 0.3) is 0 Å². The zero-order chi connectivity index (χ0) is 20.1. The molecule has 2 rings (SSSR count). The number of methoxy groups -OCH3 is 1. The Balaban J connectivity index is 2.29. The van der Waals surface area contributed by atoms with E-state index in [0.717, 1.165) is 12.2 Å². The average molecular weight is 386 g/mol. The number of fused-ring (bicyclic) bond motifs is 1. The van der Waals surface area contributed by atoms with Gasteiger partial charge in [0.1, 0.15) is 6.10 Å². The Kier molecular flexibility index (Phi) is 8.11. The summed E-state index contributed by atoms with van der Waals surface area (Å²) in [6, 6.07) is 0. The van der Waals surface area contributed by atoms with E-state index >= 15 is 0 Å². The van der Waals surface area contributed by atoms with Crippen LogP contribution in [0.5, 0.6) is 0 Å². The van der Waals surface area contributed by atoms with Gasteiger partial charge in [-0.3, -0.25) is 4.79 Å². The topological polar surface area (TPSA) is 137 Å². The van der Waals surface area contributed by atoms with E-state index in [2.05, 4.69) is 0 Å². The van der Waals surface area contributed by atoms with Crippen molar-refractivity contribution in [3.8, 4) is 0 Å². The fourth-order valence-corrected chi connectivity index (χ4v) is 3.62. The van der Waals surface area contributed by atoms with Gasteiger partial charge < -0.3 is 35.0 Å². The normalized spacial score (nSPS) is 46.9. The highest BCUT2D eigenvalue weighted by atomic mass is 16.6. The van der Waals surface area contributed by atoms with Crippen LogP contribution < -0.4 is 0 Å². The molecule has 5 N–H and O–H groups in total. The molecule has 27 heavy (non-hydrogen) atoms. The van der Waals surface area contributed by atoms with Gasteiger partial charge in [-0.1, -0.05) is 12.2 Å². The molecule has 0 spiro atoms. The molecule has 1 heterocycles. The Morgan fingerprint density at radius 2 is 1.78 bits per heavy atom. The maximum atomic E-state index is 11.9. The van der Waals surface area contributed by atoms with Gasteiger partial charge in [0.2, 0.25) is 0 Å². The van der Waals surface area contributed by atoms with Crippen LogP contribution in [-0.2, 0) is 14.3 Å². The molecule has 154 valence electrons. The standard InChI is InChI=1S/C19H30O8/c1-10-13(20)6-7-15(22)18(24)14(21)5-3-4-11-8-12(26-2)9-16(23)17(11)19(25)27-10/h3-4,6-7,10-14,16-21,23-25H,5,8-9H2,1-2H3/b4-3+,7-6-/t10?,11?,12?,13?,14-,16?,17?,18-,19?/m0/s1. The number of ketones is 1. The summed E-state index contributed by atoms with van der Waals surface area (Å²) in [6.07, 6.45) is -1.01. The maximum absolute atomic E-state index is 11.9. The van der Waals surface area contributed by atoms with E-state index in [4.69, 9.17) is 9.47 Å². The summed E-state index contributed by atoms with van der Waals surface area (Å²) in [6.45, 7) is 1.53. The van der Waals surface area contributed by atoms with Crippen LogP contribution in [0.4, 0.5) is 0 Å². The predicted octanol–water partition coefficient (Wildman–Crippen LogP) is -0.720. The molecule has 0 saturated heterocycles. The molecule has 1 aliphatic heterocycles. The van der Waals surface area contributed by atoms with E-state index in [1.807, 2.05) is 0 Å². The molecule has 0 aromatic carbocycles. The highest BCUT2D eigenvalue weighted by Crippen LogP contribution is 2.36. The number of carbonyl (C=O) groups excluding carboxylic acids is 1. The van der Waals surface area contributed by atoms with E-state index in [-0.39, 0.29) is 18.4 Å². The second kappa shape index (κ2) is 9.88. The number of aliphatic hydroxyl groups excluding tert-OH is 5. The predicted molar refractivity (Wildman–Crippen MR) is 95.5 cm³/mol. The van der Waals surface area contributed by atoms with Crippen molar-refractivity contribution in [2.75, 3.05) is 7.11 Å². The molecular formula is C19H30O8. The first-order valence-corrected chi connectivity index (χ1v) is 9.21. The lowest BCUT2D eigenvalue weighted by molar-refractivity contribution is -0.214. The summed E-state index contributed by atoms with van der Waals surface area (Å²) < 4.78 is 10.8. The summed E-state index contributed by atoms with van der Waals surface area (Å²) in [7, 11) is 1.55. The first kappa shape index (κ1) is 22.2. The zero-order valence-corrected chi connectivity index (χ0v) is 15.6. The second-order valence-electron chi connectivity index (χ2n) is 7.30. The minimum atomic E-state index is -1.61. The van der Waals surface area contributed by atoms with Crippen molar-refractivity contribution in [2.45, 2.75) is 69.1 Å². The molecule has 1 saturated carbocycles. The highest BCUT2D eigenvalue weighted by Gasteiger charge is 2.41. The second-order valence-corrected chi connectivity index (χ2v) is 7.30. The van der Waals surface area contributed by atoms with E-state index in [9.17, 15) is 30.3 Å². The molecular weight excluding hydrogens is 356 g/mol. The zero-order valence-electron chi connectivity index (χ0n) is 15.6. The smallest absolute Gasteiger partial charge is 0.186 e. The molecule has 1 fully saturated rings. The van der Waals surface area contributed by atoms with Crippen LogP contribution in [0.2, 0.25) is 0 Å². The van der Waals surface area contributed by atoms with Crippen molar-refractivity contribution in [3.05, 3.63) is 24.3 Å². The van der Waals surface area contributed by atoms with Crippen LogP contribution in [-0.4, -0.2) is 81.3 Å². The van der Waals surface area contributed by atoms with Gasteiger partial charge in [-0.05, 0) is 44.3 Å². The van der Waals surface area contributed by atoms with Crippen molar-refractivity contribution in [1.29, 1.82) is 0 Å². The van der Waals surface area contributed by atoms with Gasteiger partial charge in [0.15, 0.2) is 12.1 Å². The van der Waals surface area contributed by atoms with Crippen LogP contribution in [0.1, 0.15) is 26.2 Å². The maximum Gasteiger partial charge on any atom is 0.186 e. The minimum absolute atomic E-state index is 0.0214. The molecule has 1 aliphatic carbocycles. The average Bonchev–Trinajstić information content (AvgIpc) is 2.63. The lowest BCUT2D eigenvalue weighted by Gasteiger charge is -2.40. The largest absolute Gasteiger partial charge is 0.393 e. The van der Waals surface area contributed by atoms with Crippen LogP contribution in [0, 0.1) is 11.8 Å². The SMILES string of the molecule is COC1CC(O)C2C(/C=C/C[C@H](O)[C@H](O)C(=O)/C=C\C(O)C(C)OC2O)C1. The molecule has 8 heteroatoms. The first-order chi connectivity index (χ1) is 12.7. The molecule has 0 bridgehead atoms. The third-order valence-electron chi connectivity index (χ3n) is 5.35. The molecule has 9 atom stereocenters. The summed E-state index contributed by atoms with van der Waals surface area (Å²) in [5.74, 6) is -1.68. The van der Waals surface area contributed by atoms with Gasteiger partial charge in [0.25, 0.3) is 0 Å². The van der Waals surface area contributed by atoms with Crippen LogP contribution in [0.3, 0.4) is 0 Å². The van der Waals surface area contributed by atoms with Gasteiger partial charge in [0.05, 0.1) is 30.5 Å². The monoisotopic (exact) mass is 386 g/mol. The Bertz CT molecular complexity index is 548. The van der Waals surface area contributed by atoms with Crippen molar-refractivity contribution in [3.63, 3.8) is 0 Å². The minimum Gasteiger partial charge on any atom is -0.393 e. The molecule has 0 aromatic rings. The van der Waals surface area contributed by atoms with E-state index < -0.39 is 48.5 Å². The summed E-state index contributed by atoms with van der Waals surface area (Å²) >= 11 is 0. The van der Waals surface area contributed by atoms with Gasteiger partial charge in [-0.2, -0.15) is 0 Å². The number of hydrogen-bond acceptors (Lipinski definition) is 8. The Hall–Kier alpha value is -1.13. The third-order valence-corrected chi connectivity index (χ3v) is 5.35. The summed E-state index contributed by atoms with van der Waals surface area (Å²) in [5, 5.41) is 51.0. The van der Waals surface area contributed by atoms with Crippen molar-refractivity contribution in [1.82, 2.24) is 0 Å². The third kappa shape index (κ3) is 5.68. The number of carbonyl (C=O) groups is 1. The van der Waals surface area contributed by atoms with Crippen molar-refractivity contribution < 1.29 is 39.8 Å². The van der Waals surface area contributed by atoms with E-state index in [1.165, 1.54) is 6.92 Å². The Labute approximate surface area is 158 Å². The molecule has 0 radical (unpaired) electrons. The number of ether oxygens (including phenoxy) is 2. The quantitative estimate of drug-likeness (QED) is 0.373. The molecule has 0 amide bonds. The summed E-state index contributed by atoms with van der Waals surface area (Å²) in [5.41, 5.74) is 0. The number of hydrogen-bond donors (Lipinski definition) is 5. The number of allylic oxidation sites excluding steroid dienone is 1. The fourth-order valence-electron chi connectivity index (χ4n) is 3.62. The van der Waals surface area contributed by atoms with E-state index in [0.29, 0.717) is 12.8 Å². The lowest BCUT2D eigenvalue weighted by atomic mass is 9.75. The molecule has 2 aliphatic rings. The number of rotatable bonds is 1. The molecule has 0 aromatic heterocycles. The van der Waals surface area contributed by atoms with Gasteiger partial charge in [-0.15, -0.1) is 0 Å². The Morgan fingerprint density at radius 1 is 1.07 bits per heavy atom. The Morgan fingerprint density at radius 3 is 2.44 bits per heavy atom. The van der Waals surface area contributed by atoms with Crippen LogP contribution in [0.15, 0.2) is 24.3 Å². The van der Waals surface area contributed by atoms with Gasteiger partial charge in [0, 0.05) is 13.0 Å². The first-order valence-electron chi connectivity index (χ1n) is 9.21. The van der Waals surface area contributed by atoms with Crippen LogP contribution >= 0.6 is 0 Å². The van der Waals surface area contributed by atoms with Gasteiger partial charge in [-0.25, -0.2) is 0 Å². The molecule has 7 unspecified atom stereocenters. The van der Waals surface area contributed by atoms with Crippen molar-refractivity contribution in [2.24, 2.45) is 11.8 Å². The highest BCUT2D eigenvalue weighted by molar-refractivity contribution is 5.93. The number of aliphatic hydroxyl groups is 5. The van der Waals surface area contributed by atoms with E-state index in [1.54, 1.807) is 19.3 Å². The summed E-state index contributed by atoms with van der Waals surface area (Å²) in [4.78, 5) is 11.9. The fraction of sp³-hybridized carbons (Fsp3) is 0.737. The van der Waals surface area contributed by atoms with Crippen molar-refractivity contribution >= 4 is 5.78 Å². The lowest BCUT2D eigenvalue weighted by Crippen LogP contribution is -2.47.